The summed E-state index contributed by atoms with van der Waals surface area (Å²) in [4.78, 5) is 0. The molecule has 19 heavy (non-hydrogen) atoms. The number of rotatable bonds is 7. The highest BCUT2D eigenvalue weighted by Crippen LogP contribution is 2.40. The quantitative estimate of drug-likeness (QED) is 0.785. The Morgan fingerprint density at radius 2 is 2.05 bits per heavy atom. The average Bonchev–Trinajstić information content (AvgIpc) is 2.25. The van der Waals surface area contributed by atoms with Crippen molar-refractivity contribution in [3.8, 4) is 0 Å². The molecule has 3 nitrogen and oxygen atoms in total. The van der Waals surface area contributed by atoms with Gasteiger partial charge in [0, 0.05) is 23.3 Å². The monoisotopic (exact) mass is 307 g/mol. The summed E-state index contributed by atoms with van der Waals surface area (Å²) in [7, 11) is -2.83. The molecule has 2 atom stereocenters. The number of thioether (sulfide) groups is 1. The maximum atomic E-state index is 11.2. The van der Waals surface area contributed by atoms with Crippen molar-refractivity contribution in [3.05, 3.63) is 0 Å². The summed E-state index contributed by atoms with van der Waals surface area (Å²) < 4.78 is 22.4. The van der Waals surface area contributed by atoms with E-state index in [1.165, 1.54) is 25.5 Å². The Labute approximate surface area is 123 Å². The van der Waals surface area contributed by atoms with Gasteiger partial charge in [-0.1, -0.05) is 20.8 Å². The highest BCUT2D eigenvalue weighted by Gasteiger charge is 2.34. The van der Waals surface area contributed by atoms with E-state index in [1.807, 2.05) is 11.8 Å². The van der Waals surface area contributed by atoms with Crippen LogP contribution in [0.3, 0.4) is 0 Å². The SMILES string of the molecule is CCCNC1CCC(C)(C)CC1SCCS(C)(=O)=O. The van der Waals surface area contributed by atoms with Crippen molar-refractivity contribution in [2.45, 2.75) is 57.7 Å². The molecule has 0 saturated heterocycles. The molecule has 1 N–H and O–H groups in total. The summed E-state index contributed by atoms with van der Waals surface area (Å²) in [6.07, 6.45) is 6.13. The highest BCUT2D eigenvalue weighted by atomic mass is 32.2. The van der Waals surface area contributed by atoms with Gasteiger partial charge in [0.15, 0.2) is 0 Å². The van der Waals surface area contributed by atoms with Crippen LogP contribution in [0, 0.1) is 5.41 Å². The predicted octanol–water partition coefficient (Wildman–Crippen LogP) is 2.71. The summed E-state index contributed by atoms with van der Waals surface area (Å²) in [5.41, 5.74) is 0.396. The van der Waals surface area contributed by atoms with Gasteiger partial charge in [-0.05, 0) is 37.6 Å². The molecule has 2 unspecified atom stereocenters. The number of hydrogen-bond acceptors (Lipinski definition) is 4. The maximum absolute atomic E-state index is 11.2. The van der Waals surface area contributed by atoms with Crippen molar-refractivity contribution in [2.24, 2.45) is 5.41 Å². The molecule has 0 aromatic heterocycles. The lowest BCUT2D eigenvalue weighted by Gasteiger charge is -2.41. The van der Waals surface area contributed by atoms with Crippen LogP contribution >= 0.6 is 11.8 Å². The second-order valence-corrected chi connectivity index (χ2v) is 10.1. The van der Waals surface area contributed by atoms with Crippen LogP contribution in [-0.4, -0.2) is 44.0 Å². The fourth-order valence-electron chi connectivity index (χ4n) is 2.61. The molecule has 1 aliphatic rings. The first-order chi connectivity index (χ1) is 8.73. The average molecular weight is 308 g/mol. The Morgan fingerprint density at radius 1 is 1.37 bits per heavy atom. The van der Waals surface area contributed by atoms with Crippen LogP contribution < -0.4 is 5.32 Å². The third-order valence-corrected chi connectivity index (χ3v) is 6.34. The van der Waals surface area contributed by atoms with E-state index < -0.39 is 9.84 Å². The molecule has 0 aromatic carbocycles. The minimum Gasteiger partial charge on any atom is -0.313 e. The first-order valence-corrected chi connectivity index (χ1v) is 10.4. The summed E-state index contributed by atoms with van der Waals surface area (Å²) >= 11 is 1.84. The lowest BCUT2D eigenvalue weighted by Crippen LogP contribution is -2.45. The van der Waals surface area contributed by atoms with Crippen LogP contribution in [0.25, 0.3) is 0 Å². The van der Waals surface area contributed by atoms with Crippen LogP contribution in [0.1, 0.15) is 46.5 Å². The molecular formula is C14H29NO2S2. The van der Waals surface area contributed by atoms with Gasteiger partial charge in [-0.2, -0.15) is 11.8 Å². The van der Waals surface area contributed by atoms with Crippen LogP contribution in [0.5, 0.6) is 0 Å². The molecule has 0 heterocycles. The van der Waals surface area contributed by atoms with E-state index in [2.05, 4.69) is 26.1 Å². The second kappa shape index (κ2) is 7.32. The fourth-order valence-corrected chi connectivity index (χ4v) is 5.54. The van der Waals surface area contributed by atoms with Gasteiger partial charge in [-0.15, -0.1) is 0 Å². The van der Waals surface area contributed by atoms with Crippen molar-refractivity contribution in [3.63, 3.8) is 0 Å². The molecule has 114 valence electrons. The zero-order chi connectivity index (χ0) is 14.5. The van der Waals surface area contributed by atoms with Gasteiger partial charge in [-0.25, -0.2) is 8.42 Å². The van der Waals surface area contributed by atoms with Gasteiger partial charge in [-0.3, -0.25) is 0 Å². The van der Waals surface area contributed by atoms with Crippen LogP contribution in [-0.2, 0) is 9.84 Å². The lowest BCUT2D eigenvalue weighted by molar-refractivity contribution is 0.214. The van der Waals surface area contributed by atoms with Gasteiger partial charge in [0.05, 0.1) is 5.75 Å². The van der Waals surface area contributed by atoms with E-state index in [1.54, 1.807) is 0 Å². The minimum absolute atomic E-state index is 0.301. The summed E-state index contributed by atoms with van der Waals surface area (Å²) in [6, 6.07) is 0.553. The van der Waals surface area contributed by atoms with Gasteiger partial charge in [0.1, 0.15) is 9.84 Å². The van der Waals surface area contributed by atoms with Gasteiger partial charge < -0.3 is 5.32 Å². The van der Waals surface area contributed by atoms with Crippen molar-refractivity contribution in [2.75, 3.05) is 24.3 Å². The predicted molar refractivity (Wildman–Crippen MR) is 85.7 cm³/mol. The first-order valence-electron chi connectivity index (χ1n) is 7.26. The Balaban J connectivity index is 2.51. The van der Waals surface area contributed by atoms with Gasteiger partial charge in [0.25, 0.3) is 0 Å². The molecule has 0 bridgehead atoms. The van der Waals surface area contributed by atoms with Crippen LogP contribution in [0.2, 0.25) is 0 Å². The number of nitrogens with one attached hydrogen (secondary N) is 1. The van der Waals surface area contributed by atoms with Gasteiger partial charge in [0.2, 0.25) is 0 Å². The zero-order valence-corrected chi connectivity index (χ0v) is 14.4. The van der Waals surface area contributed by atoms with E-state index in [0.717, 1.165) is 18.7 Å². The van der Waals surface area contributed by atoms with Gasteiger partial charge >= 0.3 is 0 Å². The van der Waals surface area contributed by atoms with E-state index >= 15 is 0 Å². The molecule has 0 aromatic rings. The number of hydrogen-bond donors (Lipinski definition) is 1. The van der Waals surface area contributed by atoms with E-state index in [9.17, 15) is 8.42 Å². The minimum atomic E-state index is -2.83. The summed E-state index contributed by atoms with van der Waals surface area (Å²) in [5.74, 6) is 1.03. The topological polar surface area (TPSA) is 46.2 Å². The van der Waals surface area contributed by atoms with Crippen molar-refractivity contribution >= 4 is 21.6 Å². The standard InChI is InChI=1S/C14H29NO2S2/c1-5-8-15-12-6-7-14(2,3)11-13(12)18-9-10-19(4,16)17/h12-13,15H,5-11H2,1-4H3. The van der Waals surface area contributed by atoms with Crippen LogP contribution in [0.15, 0.2) is 0 Å². The molecular weight excluding hydrogens is 278 g/mol. The lowest BCUT2D eigenvalue weighted by atomic mass is 9.75. The Kier molecular flexibility index (Phi) is 6.67. The summed E-state index contributed by atoms with van der Waals surface area (Å²) in [6.45, 7) is 7.90. The van der Waals surface area contributed by atoms with E-state index in [0.29, 0.717) is 22.5 Å². The first kappa shape index (κ1) is 17.3. The smallest absolute Gasteiger partial charge is 0.148 e. The molecule has 1 fully saturated rings. The molecule has 1 saturated carbocycles. The molecule has 1 aliphatic carbocycles. The maximum Gasteiger partial charge on any atom is 0.148 e. The normalized spacial score (nSPS) is 27.4. The molecule has 0 amide bonds. The van der Waals surface area contributed by atoms with Crippen molar-refractivity contribution in [1.29, 1.82) is 0 Å². The van der Waals surface area contributed by atoms with E-state index in [-0.39, 0.29) is 0 Å². The molecule has 0 aliphatic heterocycles. The molecule has 0 radical (unpaired) electrons. The Morgan fingerprint density at radius 3 is 2.63 bits per heavy atom. The molecule has 0 spiro atoms. The molecule has 5 heteroatoms. The third-order valence-electron chi connectivity index (χ3n) is 3.78. The summed E-state index contributed by atoms with van der Waals surface area (Å²) in [5, 5.41) is 4.19. The van der Waals surface area contributed by atoms with Crippen molar-refractivity contribution < 1.29 is 8.42 Å². The fraction of sp³-hybridized carbons (Fsp3) is 1.00. The largest absolute Gasteiger partial charge is 0.313 e. The third kappa shape index (κ3) is 7.00. The second-order valence-electron chi connectivity index (χ2n) is 6.51. The molecule has 1 rings (SSSR count). The Hall–Kier alpha value is 0.260. The zero-order valence-electron chi connectivity index (χ0n) is 12.7. The van der Waals surface area contributed by atoms with Crippen LogP contribution in [0.4, 0.5) is 0 Å². The van der Waals surface area contributed by atoms with Crippen molar-refractivity contribution in [1.82, 2.24) is 5.32 Å². The number of sulfone groups is 1. The highest BCUT2D eigenvalue weighted by molar-refractivity contribution is 8.01. The Bertz CT molecular complexity index is 366. The van der Waals surface area contributed by atoms with E-state index in [4.69, 9.17) is 0 Å².